The van der Waals surface area contributed by atoms with E-state index in [4.69, 9.17) is 31.0 Å². The molecule has 0 spiro atoms. The second-order valence-corrected chi connectivity index (χ2v) is 11.3. The normalized spacial score (nSPS) is 14.3. The maximum Gasteiger partial charge on any atom is 0.416 e. The predicted molar refractivity (Wildman–Crippen MR) is 122 cm³/mol. The molecular formula is C18H24F6N4O6P2. The molecule has 2 unspecified atom stereocenters. The first-order chi connectivity index (χ1) is 16.0. The van der Waals surface area contributed by atoms with Crippen LogP contribution in [-0.4, -0.2) is 31.1 Å². The lowest BCUT2D eigenvalue weighted by Crippen LogP contribution is -2.16. The predicted octanol–water partition coefficient (Wildman–Crippen LogP) is 4.45. The Balaban J connectivity index is 0.000000360. The average molecular weight is 568 g/mol. The third-order valence-electron chi connectivity index (χ3n) is 4.50. The van der Waals surface area contributed by atoms with Gasteiger partial charge in [-0.15, -0.1) is 0 Å². The number of anilines is 4. The SMILES string of the molecule is CC(Nc1ccc(C(F)(F)F)cc1N)P(=O)(O)O.CC(Nc1ccc(C(F)(F)F)cc1N)P(=O)(O)O. The molecule has 204 valence electrons. The summed E-state index contributed by atoms with van der Waals surface area (Å²) >= 11 is 0. The van der Waals surface area contributed by atoms with Gasteiger partial charge in [-0.3, -0.25) is 9.13 Å². The Morgan fingerprint density at radius 2 is 0.972 bits per heavy atom. The van der Waals surface area contributed by atoms with E-state index >= 15 is 0 Å². The van der Waals surface area contributed by atoms with Crippen molar-refractivity contribution in [1.29, 1.82) is 0 Å². The van der Waals surface area contributed by atoms with Crippen molar-refractivity contribution in [3.8, 4) is 0 Å². The third kappa shape index (κ3) is 9.52. The van der Waals surface area contributed by atoms with E-state index in [1.807, 2.05) is 0 Å². The molecule has 10 nitrogen and oxygen atoms in total. The fraction of sp³-hybridized carbons (Fsp3) is 0.333. The highest BCUT2D eigenvalue weighted by molar-refractivity contribution is 7.52. The van der Waals surface area contributed by atoms with E-state index in [0.717, 1.165) is 24.3 Å². The minimum absolute atomic E-state index is 0.0406. The summed E-state index contributed by atoms with van der Waals surface area (Å²) in [7, 11) is -8.75. The van der Waals surface area contributed by atoms with Gasteiger partial charge in [0, 0.05) is 0 Å². The molecule has 36 heavy (non-hydrogen) atoms. The number of rotatable bonds is 6. The van der Waals surface area contributed by atoms with Gasteiger partial charge < -0.3 is 41.7 Å². The van der Waals surface area contributed by atoms with Gasteiger partial charge in [-0.2, -0.15) is 26.3 Å². The second-order valence-electron chi connectivity index (χ2n) is 7.42. The van der Waals surface area contributed by atoms with Crippen LogP contribution in [0.15, 0.2) is 36.4 Å². The fourth-order valence-corrected chi connectivity index (χ4v) is 2.97. The van der Waals surface area contributed by atoms with Gasteiger partial charge in [0.05, 0.1) is 33.9 Å². The van der Waals surface area contributed by atoms with Gasteiger partial charge in [0.2, 0.25) is 0 Å². The summed E-state index contributed by atoms with van der Waals surface area (Å²) in [5.41, 5.74) is 8.56. The van der Waals surface area contributed by atoms with Crippen LogP contribution in [0.1, 0.15) is 25.0 Å². The first kappa shape index (κ1) is 31.5. The quantitative estimate of drug-likeness (QED) is 0.140. The third-order valence-corrected chi connectivity index (χ3v) is 6.77. The molecule has 0 saturated carbocycles. The first-order valence-corrected chi connectivity index (χ1v) is 13.0. The van der Waals surface area contributed by atoms with Crippen molar-refractivity contribution in [2.24, 2.45) is 0 Å². The molecule has 0 fully saturated rings. The molecule has 0 amide bonds. The van der Waals surface area contributed by atoms with Crippen LogP contribution in [0.5, 0.6) is 0 Å². The molecule has 18 heteroatoms. The van der Waals surface area contributed by atoms with Crippen molar-refractivity contribution in [1.82, 2.24) is 0 Å². The van der Waals surface area contributed by atoms with Crippen LogP contribution in [0.25, 0.3) is 0 Å². The molecule has 10 N–H and O–H groups in total. The van der Waals surface area contributed by atoms with E-state index < -0.39 is 50.2 Å². The Morgan fingerprint density at radius 3 is 1.17 bits per heavy atom. The van der Waals surface area contributed by atoms with Crippen LogP contribution in [-0.2, 0) is 21.5 Å². The van der Waals surface area contributed by atoms with E-state index in [1.54, 1.807) is 0 Å². The molecule has 0 aliphatic heterocycles. The maximum absolute atomic E-state index is 12.4. The molecule has 0 heterocycles. The van der Waals surface area contributed by atoms with E-state index in [0.29, 0.717) is 12.1 Å². The van der Waals surface area contributed by atoms with Crippen molar-refractivity contribution in [3.63, 3.8) is 0 Å². The summed E-state index contributed by atoms with van der Waals surface area (Å²) in [6.45, 7) is 2.41. The van der Waals surface area contributed by atoms with Crippen LogP contribution in [0, 0.1) is 0 Å². The molecular weight excluding hydrogens is 544 g/mol. The summed E-state index contributed by atoms with van der Waals surface area (Å²) in [5, 5.41) is 4.75. The van der Waals surface area contributed by atoms with Gasteiger partial charge in [-0.05, 0) is 50.2 Å². The van der Waals surface area contributed by atoms with Gasteiger partial charge in [0.15, 0.2) is 0 Å². The van der Waals surface area contributed by atoms with Crippen molar-refractivity contribution >= 4 is 37.9 Å². The molecule has 0 aliphatic carbocycles. The smallest absolute Gasteiger partial charge is 0.397 e. The summed E-state index contributed by atoms with van der Waals surface area (Å²) in [4.78, 5) is 35.4. The summed E-state index contributed by atoms with van der Waals surface area (Å²) in [5.74, 6) is -2.48. The molecule has 2 rings (SSSR count). The zero-order valence-corrected chi connectivity index (χ0v) is 20.3. The second kappa shape index (κ2) is 11.3. The lowest BCUT2D eigenvalue weighted by Gasteiger charge is -2.18. The molecule has 0 aliphatic rings. The number of halogens is 6. The molecule has 2 atom stereocenters. The first-order valence-electron chi connectivity index (χ1n) is 9.60. The summed E-state index contributed by atoms with van der Waals surface area (Å²) < 4.78 is 95.9. The molecule has 2 aromatic carbocycles. The zero-order valence-electron chi connectivity index (χ0n) is 18.5. The molecule has 0 radical (unpaired) electrons. The van der Waals surface area contributed by atoms with Gasteiger partial charge in [0.1, 0.15) is 11.6 Å². The van der Waals surface area contributed by atoms with E-state index in [9.17, 15) is 35.5 Å². The molecule has 0 bridgehead atoms. The fourth-order valence-electron chi connectivity index (χ4n) is 2.36. The van der Waals surface area contributed by atoms with Crippen LogP contribution in [0.4, 0.5) is 49.1 Å². The highest BCUT2D eigenvalue weighted by Crippen LogP contribution is 2.43. The number of alkyl halides is 6. The largest absolute Gasteiger partial charge is 0.416 e. The minimum atomic E-state index is -4.51. The zero-order chi connectivity index (χ0) is 28.3. The maximum atomic E-state index is 12.4. The monoisotopic (exact) mass is 568 g/mol. The highest BCUT2D eigenvalue weighted by Gasteiger charge is 2.32. The van der Waals surface area contributed by atoms with Crippen LogP contribution < -0.4 is 22.1 Å². The van der Waals surface area contributed by atoms with E-state index in [1.165, 1.54) is 13.8 Å². The minimum Gasteiger partial charge on any atom is -0.397 e. The Morgan fingerprint density at radius 1 is 0.694 bits per heavy atom. The highest BCUT2D eigenvalue weighted by atomic mass is 31.2. The van der Waals surface area contributed by atoms with E-state index in [2.05, 4.69) is 10.6 Å². The lowest BCUT2D eigenvalue weighted by molar-refractivity contribution is -0.138. The summed E-state index contributed by atoms with van der Waals surface area (Å²) in [6, 6.07) is 5.04. The van der Waals surface area contributed by atoms with Gasteiger partial charge in [0.25, 0.3) is 0 Å². The van der Waals surface area contributed by atoms with Crippen LogP contribution in [0.2, 0.25) is 0 Å². The number of nitrogen functional groups attached to an aromatic ring is 2. The van der Waals surface area contributed by atoms with Crippen LogP contribution >= 0.6 is 15.2 Å². The number of benzene rings is 2. The number of nitrogens with two attached hydrogens (primary N) is 2. The Bertz CT molecular complexity index is 1060. The molecule has 2 aromatic rings. The van der Waals surface area contributed by atoms with E-state index in [-0.39, 0.29) is 22.7 Å². The van der Waals surface area contributed by atoms with Crippen molar-refractivity contribution in [2.75, 3.05) is 22.1 Å². The lowest BCUT2D eigenvalue weighted by atomic mass is 10.1. The molecule has 0 aromatic heterocycles. The number of nitrogens with one attached hydrogen (secondary N) is 2. The standard InChI is InChI=1S/2C9H12F3N2O3P/c2*1-5(18(15,16)17)14-8-3-2-6(4-7(8)13)9(10,11)12/h2*2-5,14H,13H2,1H3,(H2,15,16,17). The molecule has 0 saturated heterocycles. The van der Waals surface area contributed by atoms with Gasteiger partial charge in [-0.1, -0.05) is 0 Å². The van der Waals surface area contributed by atoms with Crippen molar-refractivity contribution in [2.45, 2.75) is 37.8 Å². The van der Waals surface area contributed by atoms with Crippen LogP contribution in [0.3, 0.4) is 0 Å². The van der Waals surface area contributed by atoms with Crippen molar-refractivity contribution in [3.05, 3.63) is 47.5 Å². The topological polar surface area (TPSA) is 191 Å². The number of hydrogen-bond acceptors (Lipinski definition) is 6. The Hall–Kier alpha value is -2.48. The van der Waals surface area contributed by atoms with Crippen molar-refractivity contribution < 1.29 is 55.0 Å². The van der Waals surface area contributed by atoms with Gasteiger partial charge >= 0.3 is 27.5 Å². The Kier molecular flexibility index (Phi) is 9.89. The number of hydrogen-bond donors (Lipinski definition) is 8. The average Bonchev–Trinajstić information content (AvgIpc) is 2.68. The van der Waals surface area contributed by atoms with Gasteiger partial charge in [-0.25, -0.2) is 0 Å². The Labute approximate surface area is 201 Å². The summed E-state index contributed by atoms with van der Waals surface area (Å²) in [6.07, 6.45) is -9.02.